The molecule has 0 rings (SSSR count). The second kappa shape index (κ2) is 60.0. The summed E-state index contributed by atoms with van der Waals surface area (Å²) in [7, 11) is -9.87. The molecule has 0 spiro atoms. The van der Waals surface area contributed by atoms with Gasteiger partial charge in [0.1, 0.15) is 19.3 Å². The summed E-state index contributed by atoms with van der Waals surface area (Å²) >= 11 is 0. The highest BCUT2D eigenvalue weighted by atomic mass is 31.2. The van der Waals surface area contributed by atoms with Crippen molar-refractivity contribution in [2.75, 3.05) is 39.6 Å². The Morgan fingerprint density at radius 3 is 0.702 bits per heavy atom. The van der Waals surface area contributed by atoms with Crippen molar-refractivity contribution in [3.63, 3.8) is 0 Å². The van der Waals surface area contributed by atoms with E-state index in [2.05, 4.69) is 27.7 Å². The average molecular weight is 1240 g/mol. The number of carbonyl (C=O) groups is 4. The van der Waals surface area contributed by atoms with Crippen molar-refractivity contribution in [3.05, 3.63) is 0 Å². The monoisotopic (exact) mass is 1240 g/mol. The third-order valence-corrected chi connectivity index (χ3v) is 17.0. The van der Waals surface area contributed by atoms with Crippen molar-refractivity contribution in [2.45, 2.75) is 354 Å². The van der Waals surface area contributed by atoms with Gasteiger partial charge in [0.2, 0.25) is 0 Å². The minimum atomic E-state index is -4.94. The van der Waals surface area contributed by atoms with Gasteiger partial charge >= 0.3 is 39.5 Å². The van der Waals surface area contributed by atoms with Crippen LogP contribution in [-0.4, -0.2) is 96.7 Å². The van der Waals surface area contributed by atoms with E-state index in [4.69, 9.17) is 37.0 Å². The van der Waals surface area contributed by atoms with Gasteiger partial charge < -0.3 is 33.8 Å². The van der Waals surface area contributed by atoms with E-state index in [0.717, 1.165) is 89.9 Å². The summed E-state index contributed by atoms with van der Waals surface area (Å²) in [6.45, 7) is 4.82. The second-order valence-electron chi connectivity index (χ2n) is 23.5. The summed E-state index contributed by atoms with van der Waals surface area (Å²) in [5.74, 6) is -2.14. The van der Waals surface area contributed by atoms with Gasteiger partial charge in [-0.2, -0.15) is 0 Å². The number of esters is 4. The third kappa shape index (κ3) is 59.0. The van der Waals surface area contributed by atoms with Gasteiger partial charge in [-0.25, -0.2) is 9.13 Å². The minimum absolute atomic E-state index is 0.101. The Labute approximate surface area is 511 Å². The first-order valence-corrected chi connectivity index (χ1v) is 37.3. The van der Waals surface area contributed by atoms with E-state index >= 15 is 0 Å². The maximum absolute atomic E-state index is 13.0. The molecule has 17 nitrogen and oxygen atoms in total. The third-order valence-electron chi connectivity index (χ3n) is 15.1. The van der Waals surface area contributed by atoms with E-state index < -0.39 is 97.5 Å². The smallest absolute Gasteiger partial charge is 0.462 e. The van der Waals surface area contributed by atoms with Crippen molar-refractivity contribution in [1.29, 1.82) is 0 Å². The van der Waals surface area contributed by atoms with Crippen LogP contribution in [0, 0.1) is 0 Å². The summed E-state index contributed by atoms with van der Waals surface area (Å²) in [6, 6.07) is 0. The molecule has 0 amide bonds. The Bertz CT molecular complexity index is 1620. The van der Waals surface area contributed by atoms with E-state index in [1.165, 1.54) is 167 Å². The summed E-state index contributed by atoms with van der Waals surface area (Å²) in [5.41, 5.74) is 0. The topological polar surface area (TPSA) is 237 Å². The maximum atomic E-state index is 13.0. The molecule has 5 atom stereocenters. The molecule has 84 heavy (non-hydrogen) atoms. The molecule has 0 aliphatic heterocycles. The average Bonchev–Trinajstić information content (AvgIpc) is 3.64. The molecule has 0 saturated carbocycles. The maximum Gasteiger partial charge on any atom is 0.472 e. The molecule has 0 heterocycles. The number of aliphatic hydroxyl groups excluding tert-OH is 1. The molecule has 0 aliphatic rings. The molecule has 0 aromatic carbocycles. The first kappa shape index (κ1) is 82.1. The Balaban J connectivity index is 5.09. The first-order valence-electron chi connectivity index (χ1n) is 34.3. The van der Waals surface area contributed by atoms with Crippen molar-refractivity contribution < 1.29 is 80.2 Å². The molecule has 0 aliphatic carbocycles. The van der Waals surface area contributed by atoms with E-state index in [9.17, 15) is 43.2 Å². The standard InChI is InChI=1S/C65H126O17P2/c1-5-9-13-17-20-23-26-28-29-31-34-36-39-43-46-49-62(67)75-55-60(81-64(69)51-47-41-16-12-8-4)57-79-83(71,72)77-53-59(66)54-78-84(73,74)80-58-61(82-65(70)52-48-44-40-37-32-25-22-19-15-11-7-3)56-76-63(68)50-45-42-38-35-33-30-27-24-21-18-14-10-6-2/h59-61,66H,5-58H2,1-4H3,(H,71,72)(H,73,74)/t59-,60+,61+/m0/s1. The lowest BCUT2D eigenvalue weighted by Crippen LogP contribution is -2.30. The molecule has 0 aromatic heterocycles. The molecule has 0 radical (unpaired) electrons. The first-order chi connectivity index (χ1) is 40.7. The summed E-state index contributed by atoms with van der Waals surface area (Å²) in [4.78, 5) is 72.0. The molecular formula is C65H126O17P2. The van der Waals surface area contributed by atoms with Gasteiger partial charge in [-0.1, -0.05) is 285 Å². The van der Waals surface area contributed by atoms with Crippen molar-refractivity contribution >= 4 is 39.5 Å². The van der Waals surface area contributed by atoms with Crippen LogP contribution < -0.4 is 0 Å². The van der Waals surface area contributed by atoms with Crippen molar-refractivity contribution in [1.82, 2.24) is 0 Å². The molecule has 3 N–H and O–H groups in total. The van der Waals surface area contributed by atoms with E-state index in [1.807, 2.05) is 0 Å². The van der Waals surface area contributed by atoms with Gasteiger partial charge in [0.05, 0.1) is 26.4 Å². The van der Waals surface area contributed by atoms with Crippen LogP contribution in [0.15, 0.2) is 0 Å². The van der Waals surface area contributed by atoms with Gasteiger partial charge in [-0.3, -0.25) is 37.3 Å². The largest absolute Gasteiger partial charge is 0.472 e. The highest BCUT2D eigenvalue weighted by Gasteiger charge is 2.30. The Morgan fingerprint density at radius 2 is 0.476 bits per heavy atom. The van der Waals surface area contributed by atoms with Crippen LogP contribution in [0.1, 0.15) is 336 Å². The van der Waals surface area contributed by atoms with Crippen LogP contribution in [0.3, 0.4) is 0 Å². The number of carbonyl (C=O) groups excluding carboxylic acids is 4. The molecular weight excluding hydrogens is 1110 g/mol. The number of hydrogen-bond acceptors (Lipinski definition) is 15. The predicted octanol–water partition coefficient (Wildman–Crippen LogP) is 18.3. The summed E-state index contributed by atoms with van der Waals surface area (Å²) < 4.78 is 67.8. The van der Waals surface area contributed by atoms with E-state index in [0.29, 0.717) is 25.7 Å². The van der Waals surface area contributed by atoms with Crippen LogP contribution in [0.2, 0.25) is 0 Å². The zero-order valence-electron chi connectivity index (χ0n) is 53.9. The van der Waals surface area contributed by atoms with Gasteiger partial charge in [0, 0.05) is 25.7 Å². The minimum Gasteiger partial charge on any atom is -0.462 e. The number of unbranched alkanes of at least 4 members (excludes halogenated alkanes) is 40. The van der Waals surface area contributed by atoms with E-state index in [-0.39, 0.29) is 25.7 Å². The zero-order chi connectivity index (χ0) is 61.9. The number of phosphoric acid groups is 2. The molecule has 0 fully saturated rings. The molecule has 0 aromatic rings. The number of ether oxygens (including phenoxy) is 4. The van der Waals surface area contributed by atoms with Gasteiger partial charge in [0.15, 0.2) is 12.2 Å². The molecule has 0 saturated heterocycles. The molecule has 19 heteroatoms. The fraction of sp³-hybridized carbons (Fsp3) is 0.938. The highest BCUT2D eigenvalue weighted by molar-refractivity contribution is 7.47. The fourth-order valence-corrected chi connectivity index (χ4v) is 11.4. The second-order valence-corrected chi connectivity index (χ2v) is 26.4. The fourth-order valence-electron chi connectivity index (χ4n) is 9.81. The highest BCUT2D eigenvalue weighted by Crippen LogP contribution is 2.45. The van der Waals surface area contributed by atoms with Gasteiger partial charge in [-0.05, 0) is 25.7 Å². The number of hydrogen-bond donors (Lipinski definition) is 3. The lowest BCUT2D eigenvalue weighted by atomic mass is 10.0. The zero-order valence-corrected chi connectivity index (χ0v) is 55.7. The van der Waals surface area contributed by atoms with Crippen LogP contribution in [0.5, 0.6) is 0 Å². The van der Waals surface area contributed by atoms with E-state index in [1.54, 1.807) is 0 Å². The van der Waals surface area contributed by atoms with Crippen LogP contribution >= 0.6 is 15.6 Å². The quantitative estimate of drug-likeness (QED) is 0.0222. The predicted molar refractivity (Wildman–Crippen MR) is 335 cm³/mol. The Hall–Kier alpha value is -1.94. The lowest BCUT2D eigenvalue weighted by molar-refractivity contribution is -0.161. The van der Waals surface area contributed by atoms with Crippen LogP contribution in [-0.2, 0) is 65.4 Å². The van der Waals surface area contributed by atoms with Crippen molar-refractivity contribution in [2.24, 2.45) is 0 Å². The van der Waals surface area contributed by atoms with Crippen LogP contribution in [0.4, 0.5) is 0 Å². The Morgan fingerprint density at radius 1 is 0.286 bits per heavy atom. The van der Waals surface area contributed by atoms with Crippen molar-refractivity contribution in [3.8, 4) is 0 Å². The lowest BCUT2D eigenvalue weighted by Gasteiger charge is -2.21. The SMILES string of the molecule is CCCCCCCCCCCCCCCCCC(=O)OC[C@H](COP(=O)(O)OC[C@H](O)COP(=O)(O)OC[C@@H](COC(=O)CCCCCCCCCCCCCCC)OC(=O)CCCCCCCCCCCCC)OC(=O)CCCCCCC. The summed E-state index contributed by atoms with van der Waals surface area (Å²) in [6.07, 6.45) is 46.1. The summed E-state index contributed by atoms with van der Waals surface area (Å²) in [5, 5.41) is 10.5. The molecule has 498 valence electrons. The number of aliphatic hydroxyl groups is 1. The van der Waals surface area contributed by atoms with Crippen LogP contribution in [0.25, 0.3) is 0 Å². The Kier molecular flexibility index (Phi) is 58.6. The van der Waals surface area contributed by atoms with Gasteiger partial charge in [0.25, 0.3) is 0 Å². The van der Waals surface area contributed by atoms with Gasteiger partial charge in [-0.15, -0.1) is 0 Å². The molecule has 0 bridgehead atoms. The number of rotatable bonds is 66. The molecule has 2 unspecified atom stereocenters. The normalized spacial score (nSPS) is 14.1. The number of phosphoric ester groups is 2.